The number of amides is 1. The summed E-state index contributed by atoms with van der Waals surface area (Å²) in [5, 5.41) is 7.97. The van der Waals surface area contributed by atoms with Crippen LogP contribution >= 0.6 is 0 Å². The van der Waals surface area contributed by atoms with Gasteiger partial charge in [-0.15, -0.1) is 0 Å². The van der Waals surface area contributed by atoms with Gasteiger partial charge in [-0.3, -0.25) is 14.9 Å². The third-order valence-corrected chi connectivity index (χ3v) is 3.36. The zero-order valence-corrected chi connectivity index (χ0v) is 11.6. The molecule has 21 heavy (non-hydrogen) atoms. The van der Waals surface area contributed by atoms with Gasteiger partial charge in [0.15, 0.2) is 0 Å². The Balaban J connectivity index is 2.28. The number of carbonyl (C=O) groups is 1. The van der Waals surface area contributed by atoms with E-state index >= 15 is 0 Å². The molecule has 3 aromatic rings. The van der Waals surface area contributed by atoms with Gasteiger partial charge in [0.25, 0.3) is 5.91 Å². The molecule has 2 aromatic heterocycles. The number of rotatable bonds is 3. The lowest BCUT2D eigenvalue weighted by Gasteiger charge is -2.12. The molecule has 0 unspecified atom stereocenters. The number of pyridine rings is 1. The zero-order chi connectivity index (χ0) is 15.0. The van der Waals surface area contributed by atoms with Gasteiger partial charge >= 0.3 is 0 Å². The second-order valence-corrected chi connectivity index (χ2v) is 4.90. The van der Waals surface area contributed by atoms with Crippen molar-refractivity contribution < 1.29 is 4.79 Å². The minimum Gasteiger partial charge on any atom is -0.364 e. The van der Waals surface area contributed by atoms with Gasteiger partial charge in [0, 0.05) is 17.1 Å². The molecule has 1 amide bonds. The smallest absolute Gasteiger partial charge is 0.267 e. The van der Waals surface area contributed by atoms with Crippen LogP contribution in [0.25, 0.3) is 27.6 Å². The highest BCUT2D eigenvalue weighted by Gasteiger charge is 2.16. The van der Waals surface area contributed by atoms with E-state index in [9.17, 15) is 4.79 Å². The van der Waals surface area contributed by atoms with Crippen molar-refractivity contribution in [1.29, 1.82) is 0 Å². The summed E-state index contributed by atoms with van der Waals surface area (Å²) in [6.45, 7) is 5.77. The highest BCUT2D eigenvalue weighted by molar-refractivity contribution is 5.99. The topological polar surface area (TPSA) is 84.7 Å². The van der Waals surface area contributed by atoms with Crippen LogP contribution in [0.15, 0.2) is 43.2 Å². The van der Waals surface area contributed by atoms with Crippen molar-refractivity contribution >= 4 is 22.4 Å². The number of carbonyl (C=O) groups excluding carboxylic acids is 1. The standard InChI is InChI=1S/C16H14N4O/c1-9(2)14-12(5-6-18-15(14)16(17)21)10-3-4-11-8-19-20-13(11)7-10/h3-8H,1H2,2H3,(H2,17,21)(H,19,20). The van der Waals surface area contributed by atoms with Crippen molar-refractivity contribution in [3.63, 3.8) is 0 Å². The van der Waals surface area contributed by atoms with E-state index in [4.69, 9.17) is 5.73 Å². The lowest BCUT2D eigenvalue weighted by atomic mass is 9.94. The number of hydrogen-bond donors (Lipinski definition) is 2. The first-order chi connectivity index (χ1) is 10.1. The third kappa shape index (κ3) is 2.18. The van der Waals surface area contributed by atoms with Gasteiger partial charge in [-0.25, -0.2) is 0 Å². The number of hydrogen-bond acceptors (Lipinski definition) is 3. The molecule has 0 aliphatic carbocycles. The molecule has 5 heteroatoms. The molecular formula is C16H14N4O. The van der Waals surface area contributed by atoms with Crippen molar-refractivity contribution in [1.82, 2.24) is 15.2 Å². The van der Waals surface area contributed by atoms with Crippen molar-refractivity contribution in [3.05, 3.63) is 54.5 Å². The van der Waals surface area contributed by atoms with Crippen LogP contribution in [0.1, 0.15) is 23.0 Å². The normalized spacial score (nSPS) is 10.7. The van der Waals surface area contributed by atoms with Gasteiger partial charge < -0.3 is 5.73 Å². The summed E-state index contributed by atoms with van der Waals surface area (Å²) >= 11 is 0. The summed E-state index contributed by atoms with van der Waals surface area (Å²) in [5.74, 6) is -0.558. The molecular weight excluding hydrogens is 264 g/mol. The Morgan fingerprint density at radius 2 is 2.14 bits per heavy atom. The van der Waals surface area contributed by atoms with Crippen LogP contribution in [0, 0.1) is 0 Å². The fraction of sp³-hybridized carbons (Fsp3) is 0.0625. The fourth-order valence-corrected chi connectivity index (χ4v) is 2.43. The van der Waals surface area contributed by atoms with Crippen molar-refractivity contribution in [2.45, 2.75) is 6.92 Å². The lowest BCUT2D eigenvalue weighted by molar-refractivity contribution is 0.0995. The average molecular weight is 278 g/mol. The number of aromatic nitrogens is 3. The molecule has 0 saturated heterocycles. The Bertz CT molecular complexity index is 864. The molecule has 0 spiro atoms. The van der Waals surface area contributed by atoms with E-state index in [1.54, 1.807) is 12.4 Å². The number of nitrogens with one attached hydrogen (secondary N) is 1. The molecule has 3 rings (SSSR count). The monoisotopic (exact) mass is 278 g/mol. The number of allylic oxidation sites excluding steroid dienone is 1. The molecule has 0 bridgehead atoms. The summed E-state index contributed by atoms with van der Waals surface area (Å²) in [7, 11) is 0. The number of fused-ring (bicyclic) bond motifs is 1. The summed E-state index contributed by atoms with van der Waals surface area (Å²) in [6.07, 6.45) is 3.35. The van der Waals surface area contributed by atoms with Gasteiger partial charge in [-0.2, -0.15) is 5.10 Å². The molecule has 0 aliphatic heterocycles. The first-order valence-electron chi connectivity index (χ1n) is 6.46. The van der Waals surface area contributed by atoms with E-state index in [0.29, 0.717) is 5.56 Å². The van der Waals surface area contributed by atoms with Crippen molar-refractivity contribution in [2.24, 2.45) is 5.73 Å². The Hall–Kier alpha value is -2.95. The van der Waals surface area contributed by atoms with E-state index in [0.717, 1.165) is 27.6 Å². The third-order valence-electron chi connectivity index (χ3n) is 3.36. The largest absolute Gasteiger partial charge is 0.364 e. The lowest BCUT2D eigenvalue weighted by Crippen LogP contribution is -2.16. The fourth-order valence-electron chi connectivity index (χ4n) is 2.43. The Kier molecular flexibility index (Phi) is 3.02. The summed E-state index contributed by atoms with van der Waals surface area (Å²) < 4.78 is 0. The van der Waals surface area contributed by atoms with E-state index in [1.165, 1.54) is 0 Å². The predicted octanol–water partition coefficient (Wildman–Crippen LogP) is 2.76. The zero-order valence-electron chi connectivity index (χ0n) is 11.6. The minimum absolute atomic E-state index is 0.240. The van der Waals surface area contributed by atoms with Gasteiger partial charge in [0.1, 0.15) is 5.69 Å². The van der Waals surface area contributed by atoms with Crippen LogP contribution < -0.4 is 5.73 Å². The molecule has 0 fully saturated rings. The molecule has 0 radical (unpaired) electrons. The average Bonchev–Trinajstić information content (AvgIpc) is 2.93. The SMILES string of the molecule is C=C(C)c1c(-c2ccc3cn[nH]c3c2)ccnc1C(N)=O. The van der Waals surface area contributed by atoms with Crippen LogP contribution in [0.5, 0.6) is 0 Å². The molecule has 1 aromatic carbocycles. The predicted molar refractivity (Wildman–Crippen MR) is 82.6 cm³/mol. The number of nitrogens with zero attached hydrogens (tertiary/aromatic N) is 2. The summed E-state index contributed by atoms with van der Waals surface area (Å²) in [4.78, 5) is 15.7. The number of benzene rings is 1. The van der Waals surface area contributed by atoms with Gasteiger partial charge in [-0.05, 0) is 35.8 Å². The molecule has 0 aliphatic rings. The Morgan fingerprint density at radius 1 is 1.33 bits per heavy atom. The van der Waals surface area contributed by atoms with E-state index in [2.05, 4.69) is 21.8 Å². The number of primary amides is 1. The molecule has 0 atom stereocenters. The van der Waals surface area contributed by atoms with Crippen molar-refractivity contribution in [2.75, 3.05) is 0 Å². The number of nitrogens with two attached hydrogens (primary N) is 1. The minimum atomic E-state index is -0.558. The maximum absolute atomic E-state index is 11.6. The summed E-state index contributed by atoms with van der Waals surface area (Å²) in [5.41, 5.74) is 9.85. The quantitative estimate of drug-likeness (QED) is 0.772. The number of H-pyrrole nitrogens is 1. The van der Waals surface area contributed by atoms with Crippen LogP contribution in [0.4, 0.5) is 0 Å². The second kappa shape index (κ2) is 4.86. The highest BCUT2D eigenvalue weighted by Crippen LogP contribution is 2.31. The maximum atomic E-state index is 11.6. The molecule has 0 saturated carbocycles. The summed E-state index contributed by atoms with van der Waals surface area (Å²) in [6, 6.07) is 7.79. The second-order valence-electron chi connectivity index (χ2n) is 4.90. The Labute approximate surface area is 121 Å². The van der Waals surface area contributed by atoms with Gasteiger partial charge in [0.05, 0.1) is 11.7 Å². The molecule has 5 nitrogen and oxygen atoms in total. The molecule has 2 heterocycles. The Morgan fingerprint density at radius 3 is 2.86 bits per heavy atom. The van der Waals surface area contributed by atoms with Gasteiger partial charge in [0.2, 0.25) is 0 Å². The van der Waals surface area contributed by atoms with E-state index in [-0.39, 0.29) is 5.69 Å². The molecule has 104 valence electrons. The van der Waals surface area contributed by atoms with E-state index in [1.807, 2.05) is 31.2 Å². The van der Waals surface area contributed by atoms with Crippen LogP contribution in [-0.4, -0.2) is 21.1 Å². The van der Waals surface area contributed by atoms with Crippen LogP contribution in [0.3, 0.4) is 0 Å². The first kappa shape index (κ1) is 13.1. The number of aromatic amines is 1. The van der Waals surface area contributed by atoms with Crippen molar-refractivity contribution in [3.8, 4) is 11.1 Å². The molecule has 3 N–H and O–H groups in total. The van der Waals surface area contributed by atoms with Gasteiger partial charge in [-0.1, -0.05) is 18.7 Å². The highest BCUT2D eigenvalue weighted by atomic mass is 16.1. The maximum Gasteiger partial charge on any atom is 0.267 e. The van der Waals surface area contributed by atoms with E-state index < -0.39 is 5.91 Å². The van der Waals surface area contributed by atoms with Crippen LogP contribution in [0.2, 0.25) is 0 Å². The first-order valence-corrected chi connectivity index (χ1v) is 6.46. The van der Waals surface area contributed by atoms with Crippen LogP contribution in [-0.2, 0) is 0 Å².